The zero-order valence-corrected chi connectivity index (χ0v) is 15.5. The number of carbonyl (C=O) groups excluding carboxylic acids is 2. The maximum Gasteiger partial charge on any atom is 0.305 e. The van der Waals surface area contributed by atoms with Crippen molar-refractivity contribution >= 4 is 11.9 Å². The lowest BCUT2D eigenvalue weighted by Crippen LogP contribution is -2.29. The first-order valence-corrected chi connectivity index (χ1v) is 8.51. The third kappa shape index (κ3) is 4.47. The standard InChI is InChI=1S/C19H24FN3O3/c1-13(2)18-16(19(25)22(3)11-5-6-17(24)26-4)12-21-23(18)15-9-7-14(20)8-10-15/h7-10,12-13H,5-6,11H2,1-4H3. The summed E-state index contributed by atoms with van der Waals surface area (Å²) in [6, 6.07) is 5.98. The number of aromatic nitrogens is 2. The fourth-order valence-corrected chi connectivity index (χ4v) is 2.74. The number of ether oxygens (including phenoxy) is 1. The number of hydrogen-bond acceptors (Lipinski definition) is 4. The second kappa shape index (κ2) is 8.60. The smallest absolute Gasteiger partial charge is 0.305 e. The van der Waals surface area contributed by atoms with E-state index in [-0.39, 0.29) is 30.0 Å². The maximum absolute atomic E-state index is 13.2. The van der Waals surface area contributed by atoms with Gasteiger partial charge in [-0.2, -0.15) is 5.10 Å². The number of carbonyl (C=O) groups is 2. The fraction of sp³-hybridized carbons (Fsp3) is 0.421. The molecule has 0 radical (unpaired) electrons. The molecule has 0 spiro atoms. The van der Waals surface area contributed by atoms with Crippen LogP contribution in [0.15, 0.2) is 30.5 Å². The third-order valence-electron chi connectivity index (χ3n) is 4.10. The fourth-order valence-electron chi connectivity index (χ4n) is 2.74. The first kappa shape index (κ1) is 19.6. The molecule has 140 valence electrons. The molecule has 1 heterocycles. The van der Waals surface area contributed by atoms with Gasteiger partial charge in [-0.3, -0.25) is 9.59 Å². The molecule has 1 amide bonds. The van der Waals surface area contributed by atoms with Crippen molar-refractivity contribution in [3.8, 4) is 5.69 Å². The first-order valence-electron chi connectivity index (χ1n) is 8.51. The topological polar surface area (TPSA) is 64.4 Å². The Bertz CT molecular complexity index is 769. The Balaban J connectivity index is 2.22. The van der Waals surface area contributed by atoms with Crippen molar-refractivity contribution in [3.05, 3.63) is 47.5 Å². The molecule has 0 fully saturated rings. The highest BCUT2D eigenvalue weighted by Crippen LogP contribution is 2.24. The lowest BCUT2D eigenvalue weighted by atomic mass is 10.0. The van der Waals surface area contributed by atoms with Crippen molar-refractivity contribution in [2.45, 2.75) is 32.6 Å². The minimum Gasteiger partial charge on any atom is -0.469 e. The van der Waals surface area contributed by atoms with E-state index < -0.39 is 0 Å². The predicted molar refractivity (Wildman–Crippen MR) is 95.8 cm³/mol. The van der Waals surface area contributed by atoms with Crippen LogP contribution in [-0.4, -0.2) is 47.3 Å². The molecule has 0 saturated carbocycles. The lowest BCUT2D eigenvalue weighted by Gasteiger charge is -2.18. The molecule has 1 aromatic heterocycles. The van der Waals surface area contributed by atoms with Crippen LogP contribution in [0.2, 0.25) is 0 Å². The number of methoxy groups -OCH3 is 1. The minimum absolute atomic E-state index is 0.0463. The number of amides is 1. The van der Waals surface area contributed by atoms with Crippen molar-refractivity contribution in [3.63, 3.8) is 0 Å². The summed E-state index contributed by atoms with van der Waals surface area (Å²) in [5.41, 5.74) is 1.97. The quantitative estimate of drug-likeness (QED) is 0.711. The van der Waals surface area contributed by atoms with Crippen LogP contribution in [0, 0.1) is 5.82 Å². The number of halogens is 1. The van der Waals surface area contributed by atoms with Gasteiger partial charge in [0.1, 0.15) is 5.82 Å². The van der Waals surface area contributed by atoms with Crippen molar-refractivity contribution in [2.24, 2.45) is 0 Å². The zero-order chi connectivity index (χ0) is 19.3. The molecule has 7 heteroatoms. The van der Waals surface area contributed by atoms with Crippen LogP contribution in [0.4, 0.5) is 4.39 Å². The van der Waals surface area contributed by atoms with Crippen LogP contribution in [0.5, 0.6) is 0 Å². The number of nitrogens with zero attached hydrogens (tertiary/aromatic N) is 3. The van der Waals surface area contributed by atoms with Gasteiger partial charge in [-0.15, -0.1) is 0 Å². The van der Waals surface area contributed by atoms with Crippen LogP contribution < -0.4 is 0 Å². The van der Waals surface area contributed by atoms with E-state index in [0.29, 0.717) is 24.2 Å². The third-order valence-corrected chi connectivity index (χ3v) is 4.10. The number of rotatable bonds is 7. The zero-order valence-electron chi connectivity index (χ0n) is 15.5. The Morgan fingerprint density at radius 1 is 1.27 bits per heavy atom. The average Bonchev–Trinajstić information content (AvgIpc) is 3.06. The van der Waals surface area contributed by atoms with E-state index in [1.54, 1.807) is 28.8 Å². The SMILES string of the molecule is COC(=O)CCCN(C)C(=O)c1cnn(-c2ccc(F)cc2)c1C(C)C. The highest BCUT2D eigenvalue weighted by atomic mass is 19.1. The van der Waals surface area contributed by atoms with Gasteiger partial charge in [-0.1, -0.05) is 13.8 Å². The Hall–Kier alpha value is -2.70. The van der Waals surface area contributed by atoms with Gasteiger partial charge >= 0.3 is 5.97 Å². The molecule has 0 aliphatic heterocycles. The summed E-state index contributed by atoms with van der Waals surface area (Å²) in [5, 5.41) is 4.34. The molecule has 1 aromatic carbocycles. The van der Waals surface area contributed by atoms with E-state index in [1.807, 2.05) is 13.8 Å². The molecular formula is C19H24FN3O3. The van der Waals surface area contributed by atoms with Crippen molar-refractivity contribution in [1.82, 2.24) is 14.7 Å². The Kier molecular flexibility index (Phi) is 6.49. The van der Waals surface area contributed by atoms with Gasteiger partial charge in [0.05, 0.1) is 30.3 Å². The molecule has 0 aliphatic rings. The van der Waals surface area contributed by atoms with Crippen molar-refractivity contribution in [2.75, 3.05) is 20.7 Å². The summed E-state index contributed by atoms with van der Waals surface area (Å²) in [6.07, 6.45) is 2.33. The van der Waals surface area contributed by atoms with Gasteiger partial charge in [0.15, 0.2) is 0 Å². The molecular weight excluding hydrogens is 337 g/mol. The van der Waals surface area contributed by atoms with Gasteiger partial charge in [0.25, 0.3) is 5.91 Å². The lowest BCUT2D eigenvalue weighted by molar-refractivity contribution is -0.140. The monoisotopic (exact) mass is 361 g/mol. The maximum atomic E-state index is 13.2. The summed E-state index contributed by atoms with van der Waals surface area (Å²) < 4.78 is 19.5. The highest BCUT2D eigenvalue weighted by Gasteiger charge is 2.23. The van der Waals surface area contributed by atoms with Crippen LogP contribution in [-0.2, 0) is 9.53 Å². The summed E-state index contributed by atoms with van der Waals surface area (Å²) in [6.45, 7) is 4.39. The predicted octanol–water partition coefficient (Wildman–Crippen LogP) is 3.16. The minimum atomic E-state index is -0.325. The summed E-state index contributed by atoms with van der Waals surface area (Å²) in [7, 11) is 3.04. The van der Waals surface area contributed by atoms with Gasteiger partial charge in [0.2, 0.25) is 0 Å². The second-order valence-electron chi connectivity index (χ2n) is 6.39. The van der Waals surface area contributed by atoms with Gasteiger partial charge < -0.3 is 9.64 Å². The van der Waals surface area contributed by atoms with Gasteiger partial charge in [-0.25, -0.2) is 9.07 Å². The Morgan fingerprint density at radius 2 is 1.92 bits per heavy atom. The molecule has 2 aromatic rings. The molecule has 0 saturated heterocycles. The molecule has 6 nitrogen and oxygen atoms in total. The highest BCUT2D eigenvalue weighted by molar-refractivity contribution is 5.95. The van der Waals surface area contributed by atoms with Gasteiger partial charge in [-0.05, 0) is 36.6 Å². The van der Waals surface area contributed by atoms with E-state index in [2.05, 4.69) is 9.84 Å². The van der Waals surface area contributed by atoms with E-state index in [9.17, 15) is 14.0 Å². The molecule has 0 unspecified atom stereocenters. The summed E-state index contributed by atoms with van der Waals surface area (Å²) >= 11 is 0. The van der Waals surface area contributed by atoms with E-state index in [4.69, 9.17) is 0 Å². The largest absolute Gasteiger partial charge is 0.469 e. The van der Waals surface area contributed by atoms with Crippen LogP contribution >= 0.6 is 0 Å². The normalized spacial score (nSPS) is 10.8. The van der Waals surface area contributed by atoms with Crippen LogP contribution in [0.25, 0.3) is 5.69 Å². The van der Waals surface area contributed by atoms with E-state index in [0.717, 1.165) is 5.69 Å². The van der Waals surface area contributed by atoms with Crippen LogP contribution in [0.1, 0.15) is 48.7 Å². The molecule has 2 rings (SSSR count). The molecule has 0 atom stereocenters. The first-order chi connectivity index (χ1) is 12.3. The number of hydrogen-bond donors (Lipinski definition) is 0. The summed E-state index contributed by atoms with van der Waals surface area (Å²) in [5.74, 6) is -0.733. The molecule has 26 heavy (non-hydrogen) atoms. The molecule has 0 aliphatic carbocycles. The van der Waals surface area contributed by atoms with Gasteiger partial charge in [0, 0.05) is 20.0 Å². The van der Waals surface area contributed by atoms with Crippen molar-refractivity contribution in [1.29, 1.82) is 0 Å². The molecule has 0 N–H and O–H groups in total. The number of benzene rings is 1. The average molecular weight is 361 g/mol. The molecule has 0 bridgehead atoms. The van der Waals surface area contributed by atoms with E-state index >= 15 is 0 Å². The Labute approximate surface area is 152 Å². The van der Waals surface area contributed by atoms with E-state index in [1.165, 1.54) is 25.4 Å². The van der Waals surface area contributed by atoms with Crippen molar-refractivity contribution < 1.29 is 18.7 Å². The van der Waals surface area contributed by atoms with Crippen LogP contribution in [0.3, 0.4) is 0 Å². The number of esters is 1. The Morgan fingerprint density at radius 3 is 2.50 bits per heavy atom. The second-order valence-corrected chi connectivity index (χ2v) is 6.39. The summed E-state index contributed by atoms with van der Waals surface area (Å²) in [4.78, 5) is 25.6.